The molecule has 1 aromatic rings. The minimum absolute atomic E-state index is 0.281. The van der Waals surface area contributed by atoms with E-state index in [1.165, 1.54) is 6.07 Å². The Hall–Kier alpha value is -1.46. The number of aliphatic carboxylic acids is 1. The second kappa shape index (κ2) is 6.47. The van der Waals surface area contributed by atoms with Crippen molar-refractivity contribution in [1.29, 1.82) is 0 Å². The average Bonchev–Trinajstić information content (AvgIpc) is 2.29. The molecule has 5 nitrogen and oxygen atoms in total. The minimum atomic E-state index is -1.07. The summed E-state index contributed by atoms with van der Waals surface area (Å²) in [6, 6.07) is 4.10. The van der Waals surface area contributed by atoms with Crippen molar-refractivity contribution < 1.29 is 14.7 Å². The van der Waals surface area contributed by atoms with Gasteiger partial charge in [-0.2, -0.15) is 0 Å². The van der Waals surface area contributed by atoms with Gasteiger partial charge in [0, 0.05) is 11.6 Å². The molecule has 0 atom stereocenters. The zero-order valence-corrected chi connectivity index (χ0v) is 11.1. The number of rotatable bonds is 4. The molecule has 0 saturated carbocycles. The Morgan fingerprint density at radius 2 is 2.06 bits per heavy atom. The molecule has 0 radical (unpaired) electrons. The molecular weight excluding hydrogens is 279 g/mol. The van der Waals surface area contributed by atoms with Crippen molar-refractivity contribution >= 4 is 40.9 Å². The molecule has 0 aliphatic heterocycles. The molecule has 0 fully saturated rings. The summed E-state index contributed by atoms with van der Waals surface area (Å²) in [6.45, 7) is 1.60. The molecule has 0 aliphatic carbocycles. The molecule has 0 aromatic heterocycles. The number of likely N-dealkylation sites (N-methyl/N-ethyl adjacent to an activating group) is 1. The van der Waals surface area contributed by atoms with E-state index in [0.29, 0.717) is 15.7 Å². The number of amides is 2. The van der Waals surface area contributed by atoms with Crippen LogP contribution in [0.5, 0.6) is 0 Å². The molecule has 98 valence electrons. The number of carbonyl (C=O) groups is 2. The number of carboxylic acid groups (broad SMARTS) is 1. The number of hydrogen-bond acceptors (Lipinski definition) is 2. The summed E-state index contributed by atoms with van der Waals surface area (Å²) in [5.41, 5.74) is 0.384. The first kappa shape index (κ1) is 14.6. The second-order valence-corrected chi connectivity index (χ2v) is 4.31. The molecule has 0 bridgehead atoms. The Kier molecular flexibility index (Phi) is 5.25. The predicted octanol–water partition coefficient (Wildman–Crippen LogP) is 2.93. The van der Waals surface area contributed by atoms with Gasteiger partial charge < -0.3 is 15.3 Å². The van der Waals surface area contributed by atoms with Gasteiger partial charge in [0.1, 0.15) is 6.54 Å². The number of carboxylic acids is 1. The quantitative estimate of drug-likeness (QED) is 0.896. The first-order chi connectivity index (χ1) is 8.43. The zero-order chi connectivity index (χ0) is 13.7. The molecule has 1 rings (SSSR count). The van der Waals surface area contributed by atoms with E-state index in [1.54, 1.807) is 19.1 Å². The Bertz CT molecular complexity index is 466. The maximum atomic E-state index is 11.8. The zero-order valence-electron chi connectivity index (χ0n) is 9.61. The average molecular weight is 291 g/mol. The van der Waals surface area contributed by atoms with Crippen molar-refractivity contribution in [2.45, 2.75) is 6.92 Å². The molecule has 0 spiro atoms. The number of carbonyl (C=O) groups excluding carboxylic acids is 1. The van der Waals surface area contributed by atoms with Crippen LogP contribution in [0.15, 0.2) is 18.2 Å². The summed E-state index contributed by atoms with van der Waals surface area (Å²) in [4.78, 5) is 23.5. The number of benzene rings is 1. The van der Waals surface area contributed by atoms with Crippen LogP contribution in [0.25, 0.3) is 0 Å². The van der Waals surface area contributed by atoms with E-state index in [9.17, 15) is 9.59 Å². The molecular formula is C11H12Cl2N2O3. The van der Waals surface area contributed by atoms with Gasteiger partial charge in [-0.25, -0.2) is 4.79 Å². The normalized spacial score (nSPS) is 9.94. The van der Waals surface area contributed by atoms with E-state index < -0.39 is 12.0 Å². The van der Waals surface area contributed by atoms with Gasteiger partial charge in [0.05, 0.1) is 10.7 Å². The summed E-state index contributed by atoms with van der Waals surface area (Å²) in [5.74, 6) is -1.07. The number of hydrogen-bond donors (Lipinski definition) is 2. The van der Waals surface area contributed by atoms with Gasteiger partial charge in [-0.05, 0) is 25.1 Å². The van der Waals surface area contributed by atoms with Gasteiger partial charge >= 0.3 is 12.0 Å². The highest BCUT2D eigenvalue weighted by Gasteiger charge is 2.15. The summed E-state index contributed by atoms with van der Waals surface area (Å²) in [5, 5.41) is 11.9. The van der Waals surface area contributed by atoms with Gasteiger partial charge in [-0.3, -0.25) is 4.79 Å². The highest BCUT2D eigenvalue weighted by molar-refractivity contribution is 6.36. The number of nitrogens with zero attached hydrogens (tertiary/aromatic N) is 1. The smallest absolute Gasteiger partial charge is 0.323 e. The summed E-state index contributed by atoms with van der Waals surface area (Å²) in [6.07, 6.45) is 0. The van der Waals surface area contributed by atoms with Gasteiger partial charge in [-0.15, -0.1) is 0 Å². The molecule has 7 heteroatoms. The molecule has 0 unspecified atom stereocenters. The Morgan fingerprint density at radius 3 is 2.56 bits per heavy atom. The third-order valence-corrected chi connectivity index (χ3v) is 2.72. The molecule has 18 heavy (non-hydrogen) atoms. The van der Waals surface area contributed by atoms with Crippen molar-refractivity contribution in [1.82, 2.24) is 4.90 Å². The molecule has 0 aliphatic rings. The van der Waals surface area contributed by atoms with E-state index in [2.05, 4.69) is 5.32 Å². The van der Waals surface area contributed by atoms with Crippen LogP contribution in [-0.2, 0) is 4.79 Å². The van der Waals surface area contributed by atoms with Crippen LogP contribution in [0.2, 0.25) is 10.0 Å². The lowest BCUT2D eigenvalue weighted by atomic mass is 10.3. The van der Waals surface area contributed by atoms with Crippen LogP contribution in [0.1, 0.15) is 6.92 Å². The molecule has 1 aromatic carbocycles. The van der Waals surface area contributed by atoms with Crippen LogP contribution in [0.3, 0.4) is 0 Å². The van der Waals surface area contributed by atoms with E-state index in [1.807, 2.05) is 0 Å². The summed E-state index contributed by atoms with van der Waals surface area (Å²) < 4.78 is 0. The van der Waals surface area contributed by atoms with E-state index in [-0.39, 0.29) is 13.1 Å². The largest absolute Gasteiger partial charge is 0.480 e. The topological polar surface area (TPSA) is 69.6 Å². The second-order valence-electron chi connectivity index (χ2n) is 3.46. The lowest BCUT2D eigenvalue weighted by Crippen LogP contribution is -2.38. The maximum Gasteiger partial charge on any atom is 0.323 e. The maximum absolute atomic E-state index is 11.8. The Morgan fingerprint density at radius 1 is 1.39 bits per heavy atom. The fourth-order valence-corrected chi connectivity index (χ4v) is 1.73. The molecule has 0 heterocycles. The van der Waals surface area contributed by atoms with E-state index >= 15 is 0 Å². The molecule has 2 N–H and O–H groups in total. The fraction of sp³-hybridized carbons (Fsp3) is 0.273. The van der Waals surface area contributed by atoms with Crippen LogP contribution >= 0.6 is 23.2 Å². The van der Waals surface area contributed by atoms with Gasteiger partial charge in [0.2, 0.25) is 0 Å². The summed E-state index contributed by atoms with van der Waals surface area (Å²) >= 11 is 11.6. The Balaban J connectivity index is 2.76. The van der Waals surface area contributed by atoms with Crippen LogP contribution in [0, 0.1) is 0 Å². The highest BCUT2D eigenvalue weighted by Crippen LogP contribution is 2.25. The van der Waals surface area contributed by atoms with Crippen molar-refractivity contribution in [3.63, 3.8) is 0 Å². The van der Waals surface area contributed by atoms with Crippen molar-refractivity contribution in [2.75, 3.05) is 18.4 Å². The van der Waals surface area contributed by atoms with Gasteiger partial charge in [0.25, 0.3) is 0 Å². The SMILES string of the molecule is CCN(CC(=O)O)C(=O)Nc1ccc(Cl)cc1Cl. The monoisotopic (exact) mass is 290 g/mol. The van der Waals surface area contributed by atoms with Crippen molar-refractivity contribution in [2.24, 2.45) is 0 Å². The van der Waals surface area contributed by atoms with E-state index in [4.69, 9.17) is 28.3 Å². The van der Waals surface area contributed by atoms with Crippen LogP contribution in [0.4, 0.5) is 10.5 Å². The lowest BCUT2D eigenvalue weighted by molar-refractivity contribution is -0.137. The lowest BCUT2D eigenvalue weighted by Gasteiger charge is -2.19. The number of urea groups is 1. The standard InChI is InChI=1S/C11H12Cl2N2O3/c1-2-15(6-10(16)17)11(18)14-9-4-3-7(12)5-8(9)13/h3-5H,2,6H2,1H3,(H,14,18)(H,16,17). The van der Waals surface area contributed by atoms with Crippen LogP contribution in [-0.4, -0.2) is 35.1 Å². The third kappa shape index (κ3) is 4.09. The van der Waals surface area contributed by atoms with Gasteiger partial charge in [0.15, 0.2) is 0 Å². The number of nitrogens with one attached hydrogen (secondary N) is 1. The number of halogens is 2. The first-order valence-corrected chi connectivity index (χ1v) is 5.92. The van der Waals surface area contributed by atoms with E-state index in [0.717, 1.165) is 4.90 Å². The Labute approximate surface area is 114 Å². The van der Waals surface area contributed by atoms with Crippen molar-refractivity contribution in [3.8, 4) is 0 Å². The fourth-order valence-electron chi connectivity index (χ4n) is 1.28. The predicted molar refractivity (Wildman–Crippen MR) is 70.4 cm³/mol. The highest BCUT2D eigenvalue weighted by atomic mass is 35.5. The molecule has 0 saturated heterocycles. The third-order valence-electron chi connectivity index (χ3n) is 2.17. The first-order valence-electron chi connectivity index (χ1n) is 5.16. The summed E-state index contributed by atoms with van der Waals surface area (Å²) in [7, 11) is 0. The van der Waals surface area contributed by atoms with Crippen LogP contribution < -0.4 is 5.32 Å². The molecule has 2 amide bonds. The number of anilines is 1. The minimum Gasteiger partial charge on any atom is -0.480 e. The van der Waals surface area contributed by atoms with Gasteiger partial charge in [-0.1, -0.05) is 23.2 Å². The van der Waals surface area contributed by atoms with Crippen molar-refractivity contribution in [3.05, 3.63) is 28.2 Å².